The van der Waals surface area contributed by atoms with Crippen LogP contribution in [0.15, 0.2) is 60.9 Å². The maximum atomic E-state index is 12.7. The van der Waals surface area contributed by atoms with Crippen LogP contribution in [0.2, 0.25) is 0 Å². The number of carbonyl (C=O) groups is 1. The van der Waals surface area contributed by atoms with Gasteiger partial charge in [-0.05, 0) is 36.8 Å². The molecule has 2 N–H and O–H groups in total. The molecule has 1 heterocycles. The second-order valence-corrected chi connectivity index (χ2v) is 5.77. The van der Waals surface area contributed by atoms with E-state index in [0.29, 0.717) is 5.95 Å². The molecule has 0 unspecified atom stereocenters. The maximum Gasteiger partial charge on any atom is 0.416 e. The van der Waals surface area contributed by atoms with Gasteiger partial charge in [0.05, 0.1) is 11.1 Å². The van der Waals surface area contributed by atoms with Gasteiger partial charge in [0, 0.05) is 23.8 Å². The average Bonchev–Trinajstić information content (AvgIpc) is 2.64. The standard InChI is InChI=1S/C19H15F3N4O/c1-12-5-2-3-8-16(12)26-18-23-10-13(11-24-18)17(27)25-15-7-4-6-14(9-15)19(20,21)22/h2-11H,1H3,(H,25,27)(H,23,24,26). The number of anilines is 3. The van der Waals surface area contributed by atoms with Crippen molar-refractivity contribution in [3.8, 4) is 0 Å². The summed E-state index contributed by atoms with van der Waals surface area (Å²) in [6.45, 7) is 1.93. The van der Waals surface area contributed by atoms with Crippen LogP contribution < -0.4 is 10.6 Å². The van der Waals surface area contributed by atoms with Crippen molar-refractivity contribution in [2.24, 2.45) is 0 Å². The van der Waals surface area contributed by atoms with Gasteiger partial charge < -0.3 is 10.6 Å². The Balaban J connectivity index is 1.70. The Hall–Kier alpha value is -3.42. The number of halogens is 3. The van der Waals surface area contributed by atoms with E-state index in [4.69, 9.17) is 0 Å². The van der Waals surface area contributed by atoms with Crippen molar-refractivity contribution >= 4 is 23.2 Å². The number of para-hydroxylation sites is 1. The Kier molecular flexibility index (Phi) is 5.07. The molecule has 2 aromatic carbocycles. The van der Waals surface area contributed by atoms with E-state index in [-0.39, 0.29) is 11.3 Å². The van der Waals surface area contributed by atoms with Gasteiger partial charge in [-0.15, -0.1) is 0 Å². The lowest BCUT2D eigenvalue weighted by Gasteiger charge is -2.10. The lowest BCUT2D eigenvalue weighted by Crippen LogP contribution is -2.14. The molecule has 138 valence electrons. The van der Waals surface area contributed by atoms with Crippen LogP contribution >= 0.6 is 0 Å². The molecule has 0 fully saturated rings. The van der Waals surface area contributed by atoms with Crippen molar-refractivity contribution < 1.29 is 18.0 Å². The van der Waals surface area contributed by atoms with Gasteiger partial charge in [-0.2, -0.15) is 13.2 Å². The van der Waals surface area contributed by atoms with E-state index in [0.717, 1.165) is 23.4 Å². The van der Waals surface area contributed by atoms with Crippen LogP contribution in [-0.4, -0.2) is 15.9 Å². The van der Waals surface area contributed by atoms with E-state index in [9.17, 15) is 18.0 Å². The molecule has 8 heteroatoms. The SMILES string of the molecule is Cc1ccccc1Nc1ncc(C(=O)Nc2cccc(C(F)(F)F)c2)cn1. The first-order chi connectivity index (χ1) is 12.8. The zero-order chi connectivity index (χ0) is 19.4. The van der Waals surface area contributed by atoms with Crippen LogP contribution in [0.25, 0.3) is 0 Å². The zero-order valence-electron chi connectivity index (χ0n) is 14.2. The highest BCUT2D eigenvalue weighted by molar-refractivity contribution is 6.03. The molecule has 0 spiro atoms. The summed E-state index contributed by atoms with van der Waals surface area (Å²) in [5.74, 6) is -0.295. The van der Waals surface area contributed by atoms with Gasteiger partial charge in [-0.1, -0.05) is 24.3 Å². The summed E-state index contributed by atoms with van der Waals surface area (Å²) < 4.78 is 38.2. The summed E-state index contributed by atoms with van der Waals surface area (Å²) in [5.41, 5.74) is 1.17. The van der Waals surface area contributed by atoms with Crippen molar-refractivity contribution in [1.29, 1.82) is 0 Å². The third-order valence-corrected chi connectivity index (χ3v) is 3.75. The van der Waals surface area contributed by atoms with Crippen molar-refractivity contribution in [3.63, 3.8) is 0 Å². The molecule has 0 saturated carbocycles. The number of amides is 1. The van der Waals surface area contributed by atoms with E-state index in [1.165, 1.54) is 24.5 Å². The molecule has 0 atom stereocenters. The summed E-state index contributed by atoms with van der Waals surface area (Å²) >= 11 is 0. The minimum absolute atomic E-state index is 0.0388. The van der Waals surface area contributed by atoms with Crippen LogP contribution in [0.1, 0.15) is 21.5 Å². The highest BCUT2D eigenvalue weighted by Crippen LogP contribution is 2.30. The van der Waals surface area contributed by atoms with E-state index in [2.05, 4.69) is 20.6 Å². The molecular formula is C19H15F3N4O. The molecule has 1 aromatic heterocycles. The maximum absolute atomic E-state index is 12.7. The van der Waals surface area contributed by atoms with Crippen LogP contribution in [0.4, 0.5) is 30.5 Å². The molecule has 5 nitrogen and oxygen atoms in total. The zero-order valence-corrected chi connectivity index (χ0v) is 14.2. The van der Waals surface area contributed by atoms with Crippen LogP contribution in [0.3, 0.4) is 0 Å². The minimum Gasteiger partial charge on any atom is -0.324 e. The molecule has 0 bridgehead atoms. The number of carbonyl (C=O) groups excluding carboxylic acids is 1. The van der Waals surface area contributed by atoms with E-state index < -0.39 is 17.6 Å². The highest BCUT2D eigenvalue weighted by Gasteiger charge is 2.30. The van der Waals surface area contributed by atoms with Gasteiger partial charge in [0.15, 0.2) is 0 Å². The summed E-state index contributed by atoms with van der Waals surface area (Å²) in [6, 6.07) is 12.0. The predicted molar refractivity (Wildman–Crippen MR) is 95.9 cm³/mol. The van der Waals surface area contributed by atoms with Crippen molar-refractivity contribution in [1.82, 2.24) is 9.97 Å². The summed E-state index contributed by atoms with van der Waals surface area (Å²) in [7, 11) is 0. The summed E-state index contributed by atoms with van der Waals surface area (Å²) in [4.78, 5) is 20.3. The van der Waals surface area contributed by atoms with E-state index >= 15 is 0 Å². The Labute approximate surface area is 153 Å². The number of benzene rings is 2. The van der Waals surface area contributed by atoms with Crippen molar-refractivity contribution in [2.75, 3.05) is 10.6 Å². The topological polar surface area (TPSA) is 66.9 Å². The summed E-state index contributed by atoms with van der Waals surface area (Å²) in [5, 5.41) is 5.44. The number of rotatable bonds is 4. The van der Waals surface area contributed by atoms with Crippen LogP contribution in [0, 0.1) is 6.92 Å². The monoisotopic (exact) mass is 372 g/mol. The van der Waals surface area contributed by atoms with Crippen molar-refractivity contribution in [2.45, 2.75) is 13.1 Å². The quantitative estimate of drug-likeness (QED) is 0.690. The highest BCUT2D eigenvalue weighted by atomic mass is 19.4. The Morgan fingerprint density at radius 3 is 2.37 bits per heavy atom. The number of hydrogen-bond acceptors (Lipinski definition) is 4. The molecule has 0 aliphatic carbocycles. The molecule has 3 rings (SSSR count). The van der Waals surface area contributed by atoms with Gasteiger partial charge in [0.2, 0.25) is 5.95 Å². The van der Waals surface area contributed by atoms with Gasteiger partial charge in [0.1, 0.15) is 0 Å². The van der Waals surface area contributed by atoms with E-state index in [1.807, 2.05) is 31.2 Å². The molecule has 1 amide bonds. The van der Waals surface area contributed by atoms with Crippen LogP contribution in [0.5, 0.6) is 0 Å². The Morgan fingerprint density at radius 1 is 1.00 bits per heavy atom. The Bertz CT molecular complexity index is 956. The van der Waals surface area contributed by atoms with Crippen molar-refractivity contribution in [3.05, 3.63) is 77.6 Å². The molecule has 27 heavy (non-hydrogen) atoms. The lowest BCUT2D eigenvalue weighted by molar-refractivity contribution is -0.137. The third-order valence-electron chi connectivity index (χ3n) is 3.75. The predicted octanol–water partition coefficient (Wildman–Crippen LogP) is 4.80. The minimum atomic E-state index is -4.48. The molecule has 0 aliphatic rings. The first kappa shape index (κ1) is 18.4. The fourth-order valence-electron chi connectivity index (χ4n) is 2.32. The van der Waals surface area contributed by atoms with Gasteiger partial charge >= 0.3 is 6.18 Å². The summed E-state index contributed by atoms with van der Waals surface area (Å²) in [6.07, 6.45) is -1.88. The average molecular weight is 372 g/mol. The number of nitrogens with one attached hydrogen (secondary N) is 2. The number of hydrogen-bond donors (Lipinski definition) is 2. The van der Waals surface area contributed by atoms with Crippen LogP contribution in [-0.2, 0) is 6.18 Å². The number of nitrogens with zero attached hydrogens (tertiary/aromatic N) is 2. The first-order valence-corrected chi connectivity index (χ1v) is 7.96. The smallest absolute Gasteiger partial charge is 0.324 e. The number of aryl methyl sites for hydroxylation is 1. The largest absolute Gasteiger partial charge is 0.416 e. The lowest BCUT2D eigenvalue weighted by atomic mass is 10.2. The fraction of sp³-hybridized carbons (Fsp3) is 0.105. The fourth-order valence-corrected chi connectivity index (χ4v) is 2.32. The first-order valence-electron chi connectivity index (χ1n) is 7.96. The molecule has 3 aromatic rings. The normalized spacial score (nSPS) is 11.1. The van der Waals surface area contributed by atoms with Gasteiger partial charge in [-0.25, -0.2) is 9.97 Å². The molecule has 0 aliphatic heterocycles. The van der Waals surface area contributed by atoms with Gasteiger partial charge in [-0.3, -0.25) is 4.79 Å². The number of alkyl halides is 3. The Morgan fingerprint density at radius 2 is 1.70 bits per heavy atom. The second kappa shape index (κ2) is 7.45. The van der Waals surface area contributed by atoms with Gasteiger partial charge in [0.25, 0.3) is 5.91 Å². The molecule has 0 saturated heterocycles. The second-order valence-electron chi connectivity index (χ2n) is 5.77. The molecule has 0 radical (unpaired) electrons. The third kappa shape index (κ3) is 4.60. The number of aromatic nitrogens is 2. The molecular weight excluding hydrogens is 357 g/mol. The van der Waals surface area contributed by atoms with E-state index in [1.54, 1.807) is 0 Å².